The lowest BCUT2D eigenvalue weighted by atomic mass is 10.5. The Balaban J connectivity index is 2.65. The Kier molecular flexibility index (Phi) is 4.11. The van der Waals surface area contributed by atoms with Crippen molar-refractivity contribution >= 4 is 17.8 Å². The second kappa shape index (κ2) is 5.55. The number of carbonyl (C=O) groups excluding carboxylic acids is 1. The summed E-state index contributed by atoms with van der Waals surface area (Å²) >= 11 is 0. The first-order valence-corrected chi connectivity index (χ1v) is 4.73. The van der Waals surface area contributed by atoms with Crippen LogP contribution < -0.4 is 5.32 Å². The molecule has 0 unspecified atom stereocenters. The maximum Gasteiger partial charge on any atom is 0.324 e. The number of amides is 2. The number of hydrogen-bond acceptors (Lipinski definition) is 3. The molecule has 2 N–H and O–H groups in total. The summed E-state index contributed by atoms with van der Waals surface area (Å²) in [4.78, 5) is 23.2. The van der Waals surface area contributed by atoms with Crippen LogP contribution in [0.25, 0.3) is 0 Å². The van der Waals surface area contributed by atoms with Gasteiger partial charge in [0, 0.05) is 19.3 Å². The number of nitrogens with zero attached hydrogens (tertiary/aromatic N) is 3. The van der Waals surface area contributed by atoms with E-state index in [1.54, 1.807) is 19.3 Å². The molecule has 7 heteroatoms. The monoisotopic (exact) mass is 236 g/mol. The van der Waals surface area contributed by atoms with Gasteiger partial charge in [0.1, 0.15) is 6.54 Å². The minimum absolute atomic E-state index is 0.0784. The zero-order valence-electron chi connectivity index (χ0n) is 9.25. The Morgan fingerprint density at radius 2 is 2.41 bits per heavy atom. The molecular formula is C10H12N4O3. The van der Waals surface area contributed by atoms with Gasteiger partial charge in [-0.1, -0.05) is 5.92 Å². The Morgan fingerprint density at radius 3 is 2.88 bits per heavy atom. The molecule has 2 amide bonds. The summed E-state index contributed by atoms with van der Waals surface area (Å²) in [7, 11) is 1.70. The van der Waals surface area contributed by atoms with Crippen LogP contribution in [0.2, 0.25) is 0 Å². The molecule has 1 heterocycles. The first-order chi connectivity index (χ1) is 8.02. The van der Waals surface area contributed by atoms with Crippen LogP contribution in [0.1, 0.15) is 0 Å². The Bertz CT molecular complexity index is 460. The molecule has 0 bridgehead atoms. The fraction of sp³-hybridized carbons (Fsp3) is 0.300. The third-order valence-electron chi connectivity index (χ3n) is 1.84. The molecule has 0 aliphatic rings. The topological polar surface area (TPSA) is 87.5 Å². The van der Waals surface area contributed by atoms with E-state index < -0.39 is 18.5 Å². The largest absolute Gasteiger partial charge is 0.480 e. The summed E-state index contributed by atoms with van der Waals surface area (Å²) in [6.07, 6.45) is 6.71. The third kappa shape index (κ3) is 3.87. The summed E-state index contributed by atoms with van der Waals surface area (Å²) in [5.41, 5.74) is 0. The number of aromatic nitrogens is 2. The van der Waals surface area contributed by atoms with Gasteiger partial charge < -0.3 is 10.0 Å². The molecule has 1 aromatic heterocycles. The van der Waals surface area contributed by atoms with E-state index in [4.69, 9.17) is 11.5 Å². The molecule has 0 radical (unpaired) electrons. The zero-order valence-corrected chi connectivity index (χ0v) is 9.25. The molecule has 90 valence electrons. The molecule has 1 rings (SSSR count). The van der Waals surface area contributed by atoms with Crippen molar-refractivity contribution in [1.29, 1.82) is 0 Å². The molecule has 0 aromatic carbocycles. The Hall–Kier alpha value is -2.49. The smallest absolute Gasteiger partial charge is 0.324 e. The van der Waals surface area contributed by atoms with Gasteiger partial charge in [0.05, 0.1) is 6.54 Å². The maximum absolute atomic E-state index is 11.7. The van der Waals surface area contributed by atoms with Crippen LogP contribution in [0.4, 0.5) is 10.6 Å². The predicted octanol–water partition coefficient (Wildman–Crippen LogP) is -0.0282. The van der Waals surface area contributed by atoms with Crippen molar-refractivity contribution in [2.45, 2.75) is 0 Å². The molecule has 7 nitrogen and oxygen atoms in total. The summed E-state index contributed by atoms with van der Waals surface area (Å²) < 4.78 is 1.51. The number of carboxylic acids is 1. The average Bonchev–Trinajstić information content (AvgIpc) is 2.62. The van der Waals surface area contributed by atoms with Crippen molar-refractivity contribution in [3.63, 3.8) is 0 Å². The van der Waals surface area contributed by atoms with Crippen molar-refractivity contribution in [3.8, 4) is 12.3 Å². The normalized spacial score (nSPS) is 9.41. The quantitative estimate of drug-likeness (QED) is 0.719. The second-order valence-electron chi connectivity index (χ2n) is 3.26. The van der Waals surface area contributed by atoms with E-state index >= 15 is 0 Å². The highest BCUT2D eigenvalue weighted by atomic mass is 16.4. The molecule has 0 atom stereocenters. The third-order valence-corrected chi connectivity index (χ3v) is 1.84. The van der Waals surface area contributed by atoms with E-state index in [9.17, 15) is 9.59 Å². The average molecular weight is 236 g/mol. The summed E-state index contributed by atoms with van der Waals surface area (Å²) in [6, 6.07) is 0.997. The second-order valence-corrected chi connectivity index (χ2v) is 3.26. The van der Waals surface area contributed by atoms with Gasteiger partial charge in [0.2, 0.25) is 0 Å². The molecule has 0 saturated heterocycles. The van der Waals surface area contributed by atoms with E-state index in [-0.39, 0.29) is 6.54 Å². The fourth-order valence-corrected chi connectivity index (χ4v) is 1.14. The molecule has 0 fully saturated rings. The minimum Gasteiger partial charge on any atom is -0.480 e. The van der Waals surface area contributed by atoms with Crippen molar-refractivity contribution in [2.75, 3.05) is 18.4 Å². The molecular weight excluding hydrogens is 224 g/mol. The Morgan fingerprint density at radius 1 is 1.71 bits per heavy atom. The fourth-order valence-electron chi connectivity index (χ4n) is 1.14. The summed E-state index contributed by atoms with van der Waals surface area (Å²) in [5, 5.41) is 15.0. The number of terminal acetylenes is 1. The van der Waals surface area contributed by atoms with Crippen LogP contribution in [-0.4, -0.2) is 44.9 Å². The first-order valence-electron chi connectivity index (χ1n) is 4.73. The van der Waals surface area contributed by atoms with Crippen LogP contribution in [0.5, 0.6) is 0 Å². The first kappa shape index (κ1) is 12.6. The molecule has 17 heavy (non-hydrogen) atoms. The SMILES string of the molecule is C#CCN(CC(=O)O)C(=O)Nc1ccn(C)n1. The van der Waals surface area contributed by atoms with Crippen molar-refractivity contribution in [2.24, 2.45) is 7.05 Å². The van der Waals surface area contributed by atoms with Crippen molar-refractivity contribution in [3.05, 3.63) is 12.3 Å². The molecule has 0 aliphatic carbocycles. The number of aliphatic carboxylic acids is 1. The number of nitrogens with one attached hydrogen (secondary N) is 1. The number of rotatable bonds is 4. The Labute approximate surface area is 98.0 Å². The van der Waals surface area contributed by atoms with Crippen LogP contribution >= 0.6 is 0 Å². The van der Waals surface area contributed by atoms with Gasteiger partial charge >= 0.3 is 12.0 Å². The van der Waals surface area contributed by atoms with E-state index in [2.05, 4.69) is 16.3 Å². The van der Waals surface area contributed by atoms with Gasteiger partial charge in [-0.3, -0.25) is 14.8 Å². The molecule has 0 aliphatic heterocycles. The van der Waals surface area contributed by atoms with Gasteiger partial charge in [-0.05, 0) is 0 Å². The lowest BCUT2D eigenvalue weighted by Gasteiger charge is -2.17. The number of carbonyl (C=O) groups is 2. The van der Waals surface area contributed by atoms with E-state index in [0.29, 0.717) is 5.82 Å². The van der Waals surface area contributed by atoms with E-state index in [1.165, 1.54) is 4.68 Å². The highest BCUT2D eigenvalue weighted by Crippen LogP contribution is 2.03. The number of carboxylic acid groups (broad SMARTS) is 1. The van der Waals surface area contributed by atoms with Crippen LogP contribution in [-0.2, 0) is 11.8 Å². The van der Waals surface area contributed by atoms with Gasteiger partial charge in [0.25, 0.3) is 0 Å². The molecule has 1 aromatic rings. The van der Waals surface area contributed by atoms with Gasteiger partial charge in [0.15, 0.2) is 5.82 Å². The van der Waals surface area contributed by atoms with E-state index in [0.717, 1.165) is 4.90 Å². The lowest BCUT2D eigenvalue weighted by Crippen LogP contribution is -2.39. The van der Waals surface area contributed by atoms with Gasteiger partial charge in [-0.25, -0.2) is 4.79 Å². The van der Waals surface area contributed by atoms with Crippen molar-refractivity contribution < 1.29 is 14.7 Å². The van der Waals surface area contributed by atoms with Gasteiger partial charge in [-0.15, -0.1) is 6.42 Å². The number of anilines is 1. The molecule has 0 spiro atoms. The summed E-state index contributed by atoms with van der Waals surface area (Å²) in [6.45, 7) is -0.534. The van der Waals surface area contributed by atoms with Crippen molar-refractivity contribution in [1.82, 2.24) is 14.7 Å². The maximum atomic E-state index is 11.7. The highest BCUT2D eigenvalue weighted by molar-refractivity contribution is 5.90. The standard InChI is InChI=1S/C10H12N4O3/c1-3-5-14(7-9(15)16)10(17)11-8-4-6-13(2)12-8/h1,4,6H,5,7H2,2H3,(H,15,16)(H,11,12,17). The van der Waals surface area contributed by atoms with Crippen LogP contribution in [0, 0.1) is 12.3 Å². The highest BCUT2D eigenvalue weighted by Gasteiger charge is 2.16. The predicted molar refractivity (Wildman–Crippen MR) is 60.3 cm³/mol. The van der Waals surface area contributed by atoms with E-state index in [1.807, 2.05) is 0 Å². The summed E-state index contributed by atoms with van der Waals surface area (Å²) in [5.74, 6) is 1.43. The van der Waals surface area contributed by atoms with Crippen LogP contribution in [0.3, 0.4) is 0 Å². The van der Waals surface area contributed by atoms with Gasteiger partial charge in [-0.2, -0.15) is 5.10 Å². The minimum atomic E-state index is -1.13. The lowest BCUT2D eigenvalue weighted by molar-refractivity contribution is -0.137. The molecule has 0 saturated carbocycles. The zero-order chi connectivity index (χ0) is 12.8. The number of urea groups is 1. The number of hydrogen-bond donors (Lipinski definition) is 2. The van der Waals surface area contributed by atoms with Crippen LogP contribution in [0.15, 0.2) is 12.3 Å². The number of aryl methyl sites for hydroxylation is 1.